The molecule has 0 amide bonds. The zero-order valence-corrected chi connectivity index (χ0v) is 15.5. The van der Waals surface area contributed by atoms with Crippen molar-refractivity contribution in [2.75, 3.05) is 0 Å². The van der Waals surface area contributed by atoms with Gasteiger partial charge in [0, 0.05) is 42.4 Å². The number of phenolic OH excluding ortho intramolecular Hbond substituents is 1. The van der Waals surface area contributed by atoms with Crippen LogP contribution in [0.1, 0.15) is 23.5 Å². The minimum absolute atomic E-state index is 0.0651. The van der Waals surface area contributed by atoms with E-state index >= 15 is 0 Å². The topological polar surface area (TPSA) is 94.6 Å². The van der Waals surface area contributed by atoms with Gasteiger partial charge >= 0.3 is 5.97 Å². The molecule has 2 aromatic heterocycles. The van der Waals surface area contributed by atoms with E-state index in [1.165, 1.54) is 12.1 Å². The summed E-state index contributed by atoms with van der Waals surface area (Å²) >= 11 is 0. The molecule has 0 fully saturated rings. The van der Waals surface area contributed by atoms with E-state index in [1.54, 1.807) is 17.9 Å². The smallest absolute Gasteiger partial charge is 0.312 e. The molecule has 0 radical (unpaired) electrons. The summed E-state index contributed by atoms with van der Waals surface area (Å²) in [4.78, 5) is 25.0. The summed E-state index contributed by atoms with van der Waals surface area (Å²) in [5, 5.41) is 14.7. The number of carbonyl (C=O) groups excluding carboxylic acids is 1. The lowest BCUT2D eigenvalue weighted by atomic mass is 9.86. The standard InChI is InChI=1S/C22H16N2O5/c1-24-11-13(10-23-24)14-7-19(27)28-18-9-16(26)21-15(25)8-17(29-22(21)20(14)18)12-5-3-2-4-6-12/h2-6,8-11,14,26H,7H2,1H3/t14-/m0/s1. The van der Waals surface area contributed by atoms with Crippen molar-refractivity contribution in [3.05, 3.63) is 76.2 Å². The molecule has 3 heterocycles. The molecule has 144 valence electrons. The fourth-order valence-corrected chi connectivity index (χ4v) is 3.81. The van der Waals surface area contributed by atoms with E-state index in [-0.39, 0.29) is 34.3 Å². The first-order valence-electron chi connectivity index (χ1n) is 9.09. The van der Waals surface area contributed by atoms with Crippen molar-refractivity contribution in [2.45, 2.75) is 12.3 Å². The fraction of sp³-hybridized carbons (Fsp3) is 0.136. The summed E-state index contributed by atoms with van der Waals surface area (Å²) in [7, 11) is 1.79. The number of aromatic hydroxyl groups is 1. The Labute approximate surface area is 164 Å². The Bertz CT molecular complexity index is 1320. The third-order valence-electron chi connectivity index (χ3n) is 5.11. The molecular formula is C22H16N2O5. The van der Waals surface area contributed by atoms with Crippen LogP contribution in [0.15, 0.2) is 64.1 Å². The molecule has 29 heavy (non-hydrogen) atoms. The molecule has 1 N–H and O–H groups in total. The minimum Gasteiger partial charge on any atom is -0.507 e. The van der Waals surface area contributed by atoms with Crippen molar-refractivity contribution in [1.29, 1.82) is 0 Å². The molecule has 7 nitrogen and oxygen atoms in total. The lowest BCUT2D eigenvalue weighted by Crippen LogP contribution is -2.21. The van der Waals surface area contributed by atoms with Crippen molar-refractivity contribution in [2.24, 2.45) is 7.05 Å². The molecule has 0 saturated heterocycles. The molecule has 0 aliphatic carbocycles. The Morgan fingerprint density at radius 2 is 1.97 bits per heavy atom. The number of hydrogen-bond donors (Lipinski definition) is 1. The Kier molecular flexibility index (Phi) is 3.77. The number of nitrogens with zero attached hydrogens (tertiary/aromatic N) is 2. The molecule has 1 aliphatic heterocycles. The molecule has 7 heteroatoms. The van der Waals surface area contributed by atoms with Gasteiger partial charge in [0.05, 0.1) is 12.6 Å². The lowest BCUT2D eigenvalue weighted by molar-refractivity contribution is -0.135. The first-order chi connectivity index (χ1) is 14.0. The highest BCUT2D eigenvalue weighted by Gasteiger charge is 2.34. The Hall–Kier alpha value is -3.87. The molecule has 0 unspecified atom stereocenters. The average Bonchev–Trinajstić information content (AvgIpc) is 3.13. The van der Waals surface area contributed by atoms with Gasteiger partial charge in [-0.15, -0.1) is 0 Å². The number of benzene rings is 2. The molecule has 0 spiro atoms. The molecule has 0 saturated carbocycles. The van der Waals surface area contributed by atoms with Gasteiger partial charge in [-0.3, -0.25) is 14.3 Å². The van der Waals surface area contributed by atoms with Crippen LogP contribution in [0, 0.1) is 0 Å². The number of carbonyl (C=O) groups is 1. The Morgan fingerprint density at radius 1 is 1.17 bits per heavy atom. The van der Waals surface area contributed by atoms with E-state index in [4.69, 9.17) is 9.15 Å². The monoisotopic (exact) mass is 388 g/mol. The van der Waals surface area contributed by atoms with Crippen LogP contribution < -0.4 is 10.2 Å². The highest BCUT2D eigenvalue weighted by molar-refractivity contribution is 5.93. The van der Waals surface area contributed by atoms with E-state index in [0.717, 1.165) is 11.1 Å². The summed E-state index contributed by atoms with van der Waals surface area (Å²) in [5.74, 6) is -0.554. The molecule has 1 atom stereocenters. The van der Waals surface area contributed by atoms with Crippen LogP contribution >= 0.6 is 0 Å². The van der Waals surface area contributed by atoms with Crippen molar-refractivity contribution < 1.29 is 19.1 Å². The molecule has 4 aromatic rings. The highest BCUT2D eigenvalue weighted by atomic mass is 16.5. The van der Waals surface area contributed by atoms with Crippen molar-refractivity contribution in [3.63, 3.8) is 0 Å². The van der Waals surface area contributed by atoms with Crippen molar-refractivity contribution in [1.82, 2.24) is 9.78 Å². The number of aromatic nitrogens is 2. The fourth-order valence-electron chi connectivity index (χ4n) is 3.81. The van der Waals surface area contributed by atoms with E-state index in [0.29, 0.717) is 11.3 Å². The number of fused-ring (bicyclic) bond motifs is 3. The zero-order valence-electron chi connectivity index (χ0n) is 15.5. The number of ether oxygens (including phenoxy) is 1. The number of rotatable bonds is 2. The first-order valence-corrected chi connectivity index (χ1v) is 9.09. The lowest BCUT2D eigenvalue weighted by Gasteiger charge is -2.25. The van der Waals surface area contributed by atoms with Gasteiger partial charge in [-0.1, -0.05) is 30.3 Å². The minimum atomic E-state index is -0.424. The molecular weight excluding hydrogens is 372 g/mol. The molecule has 1 aliphatic rings. The van der Waals surface area contributed by atoms with Gasteiger partial charge in [0.2, 0.25) is 0 Å². The quantitative estimate of drug-likeness (QED) is 0.418. The Balaban J connectivity index is 1.84. The van der Waals surface area contributed by atoms with E-state index in [2.05, 4.69) is 5.10 Å². The molecule has 5 rings (SSSR count). The first kappa shape index (κ1) is 17.2. The van der Waals surface area contributed by atoms with Gasteiger partial charge < -0.3 is 14.3 Å². The highest BCUT2D eigenvalue weighted by Crippen LogP contribution is 2.45. The summed E-state index contributed by atoms with van der Waals surface area (Å²) in [5.41, 5.74) is 1.93. The SMILES string of the molecule is Cn1cc([C@@H]2CC(=O)Oc3cc(O)c4c(=O)cc(-c5ccccc5)oc4c32)cn1. The number of aryl methyl sites for hydroxylation is 1. The summed E-state index contributed by atoms with van der Waals surface area (Å²) in [6.45, 7) is 0. The summed E-state index contributed by atoms with van der Waals surface area (Å²) in [6.07, 6.45) is 3.56. The second kappa shape index (κ2) is 6.34. The number of esters is 1. The largest absolute Gasteiger partial charge is 0.507 e. The predicted octanol–water partition coefficient (Wildman–Crippen LogP) is 3.34. The average molecular weight is 388 g/mol. The van der Waals surface area contributed by atoms with Gasteiger partial charge in [0.15, 0.2) is 5.43 Å². The van der Waals surface area contributed by atoms with Crippen LogP contribution in [0.25, 0.3) is 22.3 Å². The maximum Gasteiger partial charge on any atom is 0.312 e. The van der Waals surface area contributed by atoms with Crippen LogP contribution in [-0.4, -0.2) is 20.9 Å². The summed E-state index contributed by atoms with van der Waals surface area (Å²) < 4.78 is 13.1. The van der Waals surface area contributed by atoms with Gasteiger partial charge in [-0.05, 0) is 5.56 Å². The molecule has 0 bridgehead atoms. The number of hydrogen-bond acceptors (Lipinski definition) is 6. The maximum absolute atomic E-state index is 12.8. The second-order valence-corrected chi connectivity index (χ2v) is 7.03. The third-order valence-corrected chi connectivity index (χ3v) is 5.11. The normalized spacial score (nSPS) is 15.9. The van der Waals surface area contributed by atoms with Crippen LogP contribution in [0.3, 0.4) is 0 Å². The van der Waals surface area contributed by atoms with E-state index in [9.17, 15) is 14.7 Å². The van der Waals surface area contributed by atoms with Gasteiger partial charge in [-0.25, -0.2) is 0 Å². The van der Waals surface area contributed by atoms with Gasteiger partial charge in [-0.2, -0.15) is 5.10 Å². The second-order valence-electron chi connectivity index (χ2n) is 7.03. The van der Waals surface area contributed by atoms with Crippen LogP contribution in [-0.2, 0) is 11.8 Å². The van der Waals surface area contributed by atoms with E-state index < -0.39 is 11.9 Å². The van der Waals surface area contributed by atoms with Crippen LogP contribution in [0.5, 0.6) is 11.5 Å². The maximum atomic E-state index is 12.8. The van der Waals surface area contributed by atoms with Crippen molar-refractivity contribution in [3.8, 4) is 22.8 Å². The van der Waals surface area contributed by atoms with Gasteiger partial charge in [0.1, 0.15) is 28.2 Å². The van der Waals surface area contributed by atoms with Gasteiger partial charge in [0.25, 0.3) is 0 Å². The van der Waals surface area contributed by atoms with Crippen molar-refractivity contribution >= 4 is 16.9 Å². The predicted molar refractivity (Wildman–Crippen MR) is 105 cm³/mol. The Morgan fingerprint density at radius 3 is 2.69 bits per heavy atom. The zero-order chi connectivity index (χ0) is 20.1. The molecule has 2 aromatic carbocycles. The van der Waals surface area contributed by atoms with E-state index in [1.807, 2.05) is 36.5 Å². The number of phenols is 1. The third kappa shape index (κ3) is 2.79. The van der Waals surface area contributed by atoms with Crippen LogP contribution in [0.4, 0.5) is 0 Å². The summed E-state index contributed by atoms with van der Waals surface area (Å²) in [6, 6.07) is 11.9. The van der Waals surface area contributed by atoms with Crippen LogP contribution in [0.2, 0.25) is 0 Å².